The summed E-state index contributed by atoms with van der Waals surface area (Å²) in [5.41, 5.74) is 2.16. The van der Waals surface area contributed by atoms with Gasteiger partial charge >= 0.3 is 0 Å². The van der Waals surface area contributed by atoms with Crippen LogP contribution in [0.25, 0.3) is 10.1 Å². The molecule has 0 saturated carbocycles. The molecular weight excluding hydrogens is 325 g/mol. The molecule has 0 aliphatic rings. The van der Waals surface area contributed by atoms with Gasteiger partial charge in [0, 0.05) is 21.4 Å². The maximum absolute atomic E-state index is 13.0. The summed E-state index contributed by atoms with van der Waals surface area (Å²) in [6, 6.07) is 13.0. The van der Waals surface area contributed by atoms with Gasteiger partial charge in [0.1, 0.15) is 5.82 Å². The van der Waals surface area contributed by atoms with Crippen LogP contribution in [0.4, 0.5) is 10.1 Å². The van der Waals surface area contributed by atoms with Gasteiger partial charge < -0.3 is 5.32 Å². The molecule has 0 aliphatic carbocycles. The van der Waals surface area contributed by atoms with Gasteiger partial charge in [0.05, 0.1) is 0 Å². The molecule has 0 atom stereocenters. The Balaban J connectivity index is 1.82. The number of hydrogen-bond acceptors (Lipinski definition) is 2. The first-order valence-electron chi connectivity index (χ1n) is 5.88. The summed E-state index contributed by atoms with van der Waals surface area (Å²) in [5, 5.41) is 6.77. The molecule has 19 heavy (non-hydrogen) atoms. The number of rotatable bonds is 3. The van der Waals surface area contributed by atoms with Crippen LogP contribution in [0, 0.1) is 5.82 Å². The van der Waals surface area contributed by atoms with Crippen molar-refractivity contribution in [3.63, 3.8) is 0 Å². The maximum atomic E-state index is 13.0. The second kappa shape index (κ2) is 5.31. The average molecular weight is 336 g/mol. The highest BCUT2D eigenvalue weighted by Crippen LogP contribution is 2.28. The van der Waals surface area contributed by atoms with Crippen LogP contribution in [0.5, 0.6) is 0 Å². The first-order valence-corrected chi connectivity index (χ1v) is 7.55. The van der Waals surface area contributed by atoms with Gasteiger partial charge in [-0.3, -0.25) is 0 Å². The van der Waals surface area contributed by atoms with Crippen molar-refractivity contribution in [1.29, 1.82) is 0 Å². The molecule has 1 nitrogen and oxygen atoms in total. The molecule has 2 aromatic carbocycles. The Kier molecular flexibility index (Phi) is 3.53. The molecule has 1 N–H and O–H groups in total. The molecule has 1 heterocycles. The van der Waals surface area contributed by atoms with E-state index in [0.29, 0.717) is 0 Å². The van der Waals surface area contributed by atoms with Crippen LogP contribution < -0.4 is 5.32 Å². The lowest BCUT2D eigenvalue weighted by Gasteiger charge is -2.08. The van der Waals surface area contributed by atoms with E-state index in [1.807, 2.05) is 12.1 Å². The molecule has 0 spiro atoms. The number of fused-ring (bicyclic) bond motifs is 1. The largest absolute Gasteiger partial charge is 0.380 e. The highest BCUT2D eigenvalue weighted by Gasteiger charge is 2.05. The summed E-state index contributed by atoms with van der Waals surface area (Å²) in [6.07, 6.45) is 0. The van der Waals surface area contributed by atoms with Gasteiger partial charge in [0.25, 0.3) is 0 Å². The summed E-state index contributed by atoms with van der Waals surface area (Å²) in [4.78, 5) is 0. The molecule has 4 heteroatoms. The number of thiophene rings is 1. The Morgan fingerprint density at radius 1 is 1.16 bits per heavy atom. The smallest absolute Gasteiger partial charge is 0.124 e. The monoisotopic (exact) mass is 335 g/mol. The minimum atomic E-state index is -0.238. The molecule has 3 rings (SSSR count). The molecule has 0 fully saturated rings. The Morgan fingerprint density at radius 3 is 2.84 bits per heavy atom. The molecule has 0 bridgehead atoms. The number of hydrogen-bond donors (Lipinski definition) is 1. The lowest BCUT2D eigenvalue weighted by atomic mass is 10.2. The molecule has 3 aromatic rings. The second-order valence-electron chi connectivity index (χ2n) is 4.23. The molecule has 0 saturated heterocycles. The summed E-state index contributed by atoms with van der Waals surface area (Å²) in [6.45, 7) is 0.730. The number of halogens is 2. The van der Waals surface area contributed by atoms with Gasteiger partial charge in [-0.1, -0.05) is 18.2 Å². The zero-order valence-corrected chi connectivity index (χ0v) is 12.4. The average Bonchev–Trinajstić information content (AvgIpc) is 2.81. The van der Waals surface area contributed by atoms with E-state index in [1.165, 1.54) is 27.8 Å². The SMILES string of the molecule is Fc1ccc(NCc2csc3ccccc23)c(Br)c1. The summed E-state index contributed by atoms with van der Waals surface area (Å²) in [7, 11) is 0. The predicted octanol–water partition coefficient (Wildman–Crippen LogP) is 5.42. The van der Waals surface area contributed by atoms with Crippen LogP contribution in [-0.2, 0) is 6.54 Å². The van der Waals surface area contributed by atoms with Gasteiger partial charge in [-0.25, -0.2) is 4.39 Å². The zero-order chi connectivity index (χ0) is 13.2. The van der Waals surface area contributed by atoms with Crippen molar-refractivity contribution in [2.75, 3.05) is 5.32 Å². The Bertz CT molecular complexity index is 723. The van der Waals surface area contributed by atoms with Gasteiger partial charge in [0.2, 0.25) is 0 Å². The van der Waals surface area contributed by atoms with Crippen LogP contribution in [0.1, 0.15) is 5.56 Å². The van der Waals surface area contributed by atoms with Crippen LogP contribution in [0.3, 0.4) is 0 Å². The van der Waals surface area contributed by atoms with Crippen molar-refractivity contribution in [3.05, 3.63) is 63.7 Å². The van der Waals surface area contributed by atoms with Crippen LogP contribution in [-0.4, -0.2) is 0 Å². The number of nitrogens with one attached hydrogen (secondary N) is 1. The second-order valence-corrected chi connectivity index (χ2v) is 6.00. The van der Waals surface area contributed by atoms with Gasteiger partial charge in [-0.15, -0.1) is 11.3 Å². The lowest BCUT2D eigenvalue weighted by molar-refractivity contribution is 0.627. The third kappa shape index (κ3) is 2.65. The quantitative estimate of drug-likeness (QED) is 0.674. The topological polar surface area (TPSA) is 12.0 Å². The third-order valence-electron chi connectivity index (χ3n) is 2.96. The normalized spacial score (nSPS) is 10.8. The third-order valence-corrected chi connectivity index (χ3v) is 4.63. The highest BCUT2D eigenvalue weighted by molar-refractivity contribution is 9.10. The molecular formula is C15H11BrFNS. The van der Waals surface area contributed by atoms with E-state index in [-0.39, 0.29) is 5.82 Å². The van der Waals surface area contributed by atoms with Crippen molar-refractivity contribution >= 4 is 43.0 Å². The van der Waals surface area contributed by atoms with E-state index < -0.39 is 0 Å². The zero-order valence-electron chi connectivity index (χ0n) is 9.99. The predicted molar refractivity (Wildman–Crippen MR) is 83.3 cm³/mol. The van der Waals surface area contributed by atoms with Gasteiger partial charge in [-0.2, -0.15) is 0 Å². The Labute approximate surface area is 123 Å². The minimum Gasteiger partial charge on any atom is -0.380 e. The molecule has 0 amide bonds. The fraction of sp³-hybridized carbons (Fsp3) is 0.0667. The molecule has 0 radical (unpaired) electrons. The molecule has 0 aliphatic heterocycles. The minimum absolute atomic E-state index is 0.238. The van der Waals surface area contributed by atoms with Crippen molar-refractivity contribution in [2.45, 2.75) is 6.54 Å². The van der Waals surface area contributed by atoms with E-state index in [4.69, 9.17) is 0 Å². The van der Waals surface area contributed by atoms with Crippen LogP contribution in [0.2, 0.25) is 0 Å². The number of benzene rings is 2. The fourth-order valence-corrected chi connectivity index (χ4v) is 3.45. The Hall–Kier alpha value is -1.39. The van der Waals surface area contributed by atoms with E-state index in [1.54, 1.807) is 17.4 Å². The first-order chi connectivity index (χ1) is 9.24. The van der Waals surface area contributed by atoms with Crippen molar-refractivity contribution in [3.8, 4) is 0 Å². The Morgan fingerprint density at radius 2 is 2.00 bits per heavy atom. The van der Waals surface area contributed by atoms with Crippen molar-refractivity contribution in [2.24, 2.45) is 0 Å². The van der Waals surface area contributed by atoms with E-state index in [2.05, 4.69) is 38.8 Å². The lowest BCUT2D eigenvalue weighted by Crippen LogP contribution is -1.99. The van der Waals surface area contributed by atoms with Crippen molar-refractivity contribution in [1.82, 2.24) is 0 Å². The van der Waals surface area contributed by atoms with Gasteiger partial charge in [0.15, 0.2) is 0 Å². The molecule has 1 aromatic heterocycles. The van der Waals surface area contributed by atoms with E-state index in [9.17, 15) is 4.39 Å². The summed E-state index contributed by atoms with van der Waals surface area (Å²) >= 11 is 5.11. The first kappa shape index (κ1) is 12.6. The number of anilines is 1. The molecule has 96 valence electrons. The van der Waals surface area contributed by atoms with E-state index in [0.717, 1.165) is 16.7 Å². The molecule has 0 unspecified atom stereocenters. The summed E-state index contributed by atoms with van der Waals surface area (Å²) in [5.74, 6) is -0.238. The van der Waals surface area contributed by atoms with Gasteiger partial charge in [-0.05, 0) is 56.5 Å². The standard InChI is InChI=1S/C15H11BrFNS/c16-13-7-11(17)5-6-14(13)18-8-10-9-19-15-4-2-1-3-12(10)15/h1-7,9,18H,8H2. The maximum Gasteiger partial charge on any atom is 0.124 e. The fourth-order valence-electron chi connectivity index (χ4n) is 1.99. The van der Waals surface area contributed by atoms with Crippen LogP contribution in [0.15, 0.2) is 52.3 Å². The summed E-state index contributed by atoms with van der Waals surface area (Å²) < 4.78 is 15.0. The highest BCUT2D eigenvalue weighted by atomic mass is 79.9. The van der Waals surface area contributed by atoms with Crippen LogP contribution >= 0.6 is 27.3 Å². The van der Waals surface area contributed by atoms with E-state index >= 15 is 0 Å². The van der Waals surface area contributed by atoms with Crippen molar-refractivity contribution < 1.29 is 4.39 Å².